The highest BCUT2D eigenvalue weighted by atomic mass is 35.5. The predicted molar refractivity (Wildman–Crippen MR) is 91.2 cm³/mol. The maximum atomic E-state index is 12.4. The Hall–Kier alpha value is -2.33. The van der Waals surface area contributed by atoms with Gasteiger partial charge in [-0.15, -0.1) is 0 Å². The number of amides is 2. The summed E-state index contributed by atoms with van der Waals surface area (Å²) in [6.07, 6.45) is 1.57. The van der Waals surface area contributed by atoms with E-state index in [1.165, 1.54) is 0 Å². The number of carbonyl (C=O) groups is 2. The lowest BCUT2D eigenvalue weighted by Gasteiger charge is -2.17. The molecule has 0 saturated heterocycles. The monoisotopic (exact) mass is 330 g/mol. The fraction of sp³-hybridized carbons (Fsp3) is 0.222. The molecule has 1 unspecified atom stereocenters. The van der Waals surface area contributed by atoms with E-state index in [0.717, 1.165) is 12.0 Å². The van der Waals surface area contributed by atoms with Crippen LogP contribution in [0.5, 0.6) is 0 Å². The minimum atomic E-state index is -0.438. The fourth-order valence-electron chi connectivity index (χ4n) is 2.34. The van der Waals surface area contributed by atoms with E-state index in [4.69, 9.17) is 11.6 Å². The second-order valence-corrected chi connectivity index (χ2v) is 5.58. The van der Waals surface area contributed by atoms with Crippen LogP contribution in [-0.4, -0.2) is 11.8 Å². The first kappa shape index (κ1) is 17.0. The van der Waals surface area contributed by atoms with Crippen molar-refractivity contribution in [2.45, 2.75) is 25.7 Å². The van der Waals surface area contributed by atoms with Crippen molar-refractivity contribution in [2.75, 3.05) is 0 Å². The van der Waals surface area contributed by atoms with Crippen LogP contribution >= 0.6 is 11.6 Å². The number of rotatable bonds is 5. The Morgan fingerprint density at radius 3 is 2.30 bits per heavy atom. The van der Waals surface area contributed by atoms with Crippen LogP contribution in [-0.2, 0) is 4.79 Å². The Morgan fingerprint density at radius 1 is 1.00 bits per heavy atom. The highest BCUT2D eigenvalue weighted by Gasteiger charge is 2.20. The summed E-state index contributed by atoms with van der Waals surface area (Å²) in [6, 6.07) is 16.2. The summed E-state index contributed by atoms with van der Waals surface area (Å²) in [5, 5.41) is 0.340. The number of hydrazine groups is 1. The van der Waals surface area contributed by atoms with E-state index < -0.39 is 5.91 Å². The van der Waals surface area contributed by atoms with Gasteiger partial charge in [-0.25, -0.2) is 0 Å². The van der Waals surface area contributed by atoms with Gasteiger partial charge in [0.1, 0.15) is 0 Å². The molecule has 2 aromatic rings. The normalized spacial score (nSPS) is 11.6. The van der Waals surface area contributed by atoms with E-state index in [-0.39, 0.29) is 11.8 Å². The van der Waals surface area contributed by atoms with Crippen molar-refractivity contribution >= 4 is 23.4 Å². The summed E-state index contributed by atoms with van der Waals surface area (Å²) >= 11 is 5.97. The summed E-state index contributed by atoms with van der Waals surface area (Å²) in [6.45, 7) is 2.02. The number of benzene rings is 2. The van der Waals surface area contributed by atoms with E-state index in [2.05, 4.69) is 10.9 Å². The van der Waals surface area contributed by atoms with Crippen LogP contribution in [0.25, 0.3) is 0 Å². The first-order chi connectivity index (χ1) is 11.1. The Balaban J connectivity index is 2.02. The summed E-state index contributed by atoms with van der Waals surface area (Å²) in [5.41, 5.74) is 6.17. The quantitative estimate of drug-likeness (QED) is 0.821. The van der Waals surface area contributed by atoms with Gasteiger partial charge in [0.05, 0.1) is 16.5 Å². The SMILES string of the molecule is CCCC(C(=O)NNC(=O)c1ccccc1Cl)c1ccccc1. The Kier molecular flexibility index (Phi) is 6.18. The lowest BCUT2D eigenvalue weighted by atomic mass is 9.94. The summed E-state index contributed by atoms with van der Waals surface area (Å²) in [7, 11) is 0. The molecular formula is C18H19ClN2O2. The first-order valence-electron chi connectivity index (χ1n) is 7.53. The second kappa shape index (κ2) is 8.34. The molecule has 0 aliphatic carbocycles. The first-order valence-corrected chi connectivity index (χ1v) is 7.91. The molecule has 0 saturated carbocycles. The molecular weight excluding hydrogens is 312 g/mol. The van der Waals surface area contributed by atoms with Crippen LogP contribution in [0.3, 0.4) is 0 Å². The molecule has 2 amide bonds. The van der Waals surface area contributed by atoms with Crippen LogP contribution in [0.4, 0.5) is 0 Å². The lowest BCUT2D eigenvalue weighted by Crippen LogP contribution is -2.44. The number of hydrogen-bond donors (Lipinski definition) is 2. The molecule has 120 valence electrons. The van der Waals surface area contributed by atoms with Gasteiger partial charge in [0.25, 0.3) is 5.91 Å². The fourth-order valence-corrected chi connectivity index (χ4v) is 2.56. The van der Waals surface area contributed by atoms with E-state index in [9.17, 15) is 9.59 Å². The largest absolute Gasteiger partial charge is 0.273 e. The zero-order valence-corrected chi connectivity index (χ0v) is 13.6. The molecule has 0 radical (unpaired) electrons. The molecule has 0 heterocycles. The van der Waals surface area contributed by atoms with E-state index >= 15 is 0 Å². The van der Waals surface area contributed by atoms with E-state index in [1.54, 1.807) is 24.3 Å². The van der Waals surface area contributed by atoms with Gasteiger partial charge in [-0.2, -0.15) is 0 Å². The standard InChI is InChI=1S/C18H19ClN2O2/c1-2-8-14(13-9-4-3-5-10-13)17(22)20-21-18(23)15-11-6-7-12-16(15)19/h3-7,9-12,14H,2,8H2,1H3,(H,20,22)(H,21,23). The Bertz CT molecular complexity index is 674. The average Bonchev–Trinajstić information content (AvgIpc) is 2.58. The molecule has 1 atom stereocenters. The third-order valence-corrected chi connectivity index (χ3v) is 3.84. The van der Waals surface area contributed by atoms with Crippen LogP contribution in [0.2, 0.25) is 5.02 Å². The van der Waals surface area contributed by atoms with Gasteiger partial charge >= 0.3 is 0 Å². The maximum Gasteiger partial charge on any atom is 0.271 e. The minimum absolute atomic E-state index is 0.238. The molecule has 0 spiro atoms. The van der Waals surface area contributed by atoms with Crippen LogP contribution < -0.4 is 10.9 Å². The van der Waals surface area contributed by atoms with Crippen molar-refractivity contribution in [2.24, 2.45) is 0 Å². The van der Waals surface area contributed by atoms with Crippen LogP contribution in [0, 0.1) is 0 Å². The molecule has 5 heteroatoms. The highest BCUT2D eigenvalue weighted by molar-refractivity contribution is 6.33. The van der Waals surface area contributed by atoms with E-state index in [0.29, 0.717) is 17.0 Å². The van der Waals surface area contributed by atoms with Crippen molar-refractivity contribution in [3.63, 3.8) is 0 Å². The summed E-state index contributed by atoms with van der Waals surface area (Å²) < 4.78 is 0. The van der Waals surface area contributed by atoms with Crippen molar-refractivity contribution in [3.8, 4) is 0 Å². The molecule has 4 nitrogen and oxygen atoms in total. The third kappa shape index (κ3) is 4.57. The number of carbonyl (C=O) groups excluding carboxylic acids is 2. The van der Waals surface area contributed by atoms with Gasteiger partial charge in [0.2, 0.25) is 5.91 Å². The zero-order chi connectivity index (χ0) is 16.7. The van der Waals surface area contributed by atoms with Crippen molar-refractivity contribution in [1.82, 2.24) is 10.9 Å². The van der Waals surface area contributed by atoms with Gasteiger partial charge in [-0.3, -0.25) is 20.4 Å². The van der Waals surface area contributed by atoms with Gasteiger partial charge in [-0.05, 0) is 24.1 Å². The van der Waals surface area contributed by atoms with Gasteiger partial charge in [0, 0.05) is 0 Å². The molecule has 0 aliphatic heterocycles. The molecule has 23 heavy (non-hydrogen) atoms. The van der Waals surface area contributed by atoms with Gasteiger partial charge in [0.15, 0.2) is 0 Å². The third-order valence-electron chi connectivity index (χ3n) is 3.51. The number of hydrogen-bond acceptors (Lipinski definition) is 2. The van der Waals surface area contributed by atoms with Crippen molar-refractivity contribution in [3.05, 3.63) is 70.7 Å². The molecule has 2 N–H and O–H groups in total. The Morgan fingerprint density at radius 2 is 1.65 bits per heavy atom. The number of halogens is 1. The molecule has 2 aromatic carbocycles. The predicted octanol–water partition coefficient (Wildman–Crippen LogP) is 3.68. The van der Waals surface area contributed by atoms with Gasteiger partial charge < -0.3 is 0 Å². The summed E-state index contributed by atoms with van der Waals surface area (Å²) in [5.74, 6) is -0.974. The van der Waals surface area contributed by atoms with Crippen LogP contribution in [0.1, 0.15) is 41.6 Å². The van der Waals surface area contributed by atoms with Crippen molar-refractivity contribution < 1.29 is 9.59 Å². The van der Waals surface area contributed by atoms with Crippen LogP contribution in [0.15, 0.2) is 54.6 Å². The maximum absolute atomic E-state index is 12.4. The zero-order valence-electron chi connectivity index (χ0n) is 12.9. The average molecular weight is 331 g/mol. The minimum Gasteiger partial charge on any atom is -0.273 e. The number of nitrogens with one attached hydrogen (secondary N) is 2. The van der Waals surface area contributed by atoms with Gasteiger partial charge in [-0.1, -0.05) is 67.4 Å². The second-order valence-electron chi connectivity index (χ2n) is 5.18. The molecule has 0 aromatic heterocycles. The lowest BCUT2D eigenvalue weighted by molar-refractivity contribution is -0.123. The smallest absolute Gasteiger partial charge is 0.271 e. The molecule has 0 fully saturated rings. The van der Waals surface area contributed by atoms with Crippen molar-refractivity contribution in [1.29, 1.82) is 0 Å². The topological polar surface area (TPSA) is 58.2 Å². The molecule has 2 rings (SSSR count). The highest BCUT2D eigenvalue weighted by Crippen LogP contribution is 2.21. The summed E-state index contributed by atoms with van der Waals surface area (Å²) in [4.78, 5) is 24.5. The Labute approximate surface area is 140 Å². The van der Waals surface area contributed by atoms with E-state index in [1.807, 2.05) is 37.3 Å². The molecule has 0 bridgehead atoms. The molecule has 0 aliphatic rings.